The van der Waals surface area contributed by atoms with Gasteiger partial charge in [0, 0.05) is 10.9 Å². The van der Waals surface area contributed by atoms with Crippen molar-refractivity contribution >= 4 is 35.6 Å². The number of para-hydroxylation sites is 1. The molecule has 4 heteroatoms. The van der Waals surface area contributed by atoms with E-state index in [9.17, 15) is 0 Å². The molecule has 17 heavy (non-hydrogen) atoms. The molecule has 2 N–H and O–H groups in total. The van der Waals surface area contributed by atoms with E-state index in [0.29, 0.717) is 11.2 Å². The lowest BCUT2D eigenvalue weighted by Gasteiger charge is -2.24. The van der Waals surface area contributed by atoms with Gasteiger partial charge in [0.05, 0.1) is 5.69 Å². The zero-order chi connectivity index (χ0) is 12.1. The highest BCUT2D eigenvalue weighted by atomic mass is 32.1. The summed E-state index contributed by atoms with van der Waals surface area (Å²) in [6, 6.07) is 8.42. The Morgan fingerprint density at radius 3 is 2.59 bits per heavy atom. The summed E-state index contributed by atoms with van der Waals surface area (Å²) in [4.78, 5) is 0.917. The maximum Gasteiger partial charge on any atom is 0.171 e. The molecule has 92 valence electrons. The summed E-state index contributed by atoms with van der Waals surface area (Å²) in [5.74, 6) is 0. The van der Waals surface area contributed by atoms with Gasteiger partial charge in [0.15, 0.2) is 5.11 Å². The molecule has 2 rings (SSSR count). The van der Waals surface area contributed by atoms with E-state index in [-0.39, 0.29) is 0 Å². The van der Waals surface area contributed by atoms with Crippen LogP contribution in [-0.4, -0.2) is 11.2 Å². The SMILES string of the molecule is S=C(Nc1ccccc1S)NC1CCCCC1. The number of rotatable bonds is 2. The normalized spacial score (nSPS) is 16.5. The van der Waals surface area contributed by atoms with Crippen LogP contribution in [0.3, 0.4) is 0 Å². The van der Waals surface area contributed by atoms with Crippen molar-refractivity contribution in [3.8, 4) is 0 Å². The van der Waals surface area contributed by atoms with Crippen LogP contribution in [0.4, 0.5) is 5.69 Å². The molecule has 0 bridgehead atoms. The Kier molecular flexibility index (Phi) is 4.68. The van der Waals surface area contributed by atoms with E-state index in [2.05, 4.69) is 23.3 Å². The van der Waals surface area contributed by atoms with E-state index in [1.807, 2.05) is 24.3 Å². The van der Waals surface area contributed by atoms with Crippen molar-refractivity contribution < 1.29 is 0 Å². The zero-order valence-corrected chi connectivity index (χ0v) is 11.5. The lowest BCUT2D eigenvalue weighted by molar-refractivity contribution is 0.415. The predicted molar refractivity (Wildman–Crippen MR) is 79.9 cm³/mol. The Hall–Kier alpha value is -0.740. The highest BCUT2D eigenvalue weighted by molar-refractivity contribution is 7.81. The van der Waals surface area contributed by atoms with Crippen molar-refractivity contribution in [3.63, 3.8) is 0 Å². The highest BCUT2D eigenvalue weighted by Gasteiger charge is 2.14. The summed E-state index contributed by atoms with van der Waals surface area (Å²) in [6.07, 6.45) is 6.43. The molecule has 0 saturated heterocycles. The van der Waals surface area contributed by atoms with Crippen LogP contribution in [0.2, 0.25) is 0 Å². The second kappa shape index (κ2) is 6.26. The standard InChI is InChI=1S/C13H18N2S2/c16-12-9-5-4-8-11(12)15-13(17)14-10-6-2-1-3-7-10/h4-5,8-10,16H,1-3,6-7H2,(H2,14,15,17). The van der Waals surface area contributed by atoms with Gasteiger partial charge in [-0.05, 0) is 37.2 Å². The number of anilines is 1. The molecule has 0 amide bonds. The maximum atomic E-state index is 5.32. The average Bonchev–Trinajstić information content (AvgIpc) is 2.33. The summed E-state index contributed by atoms with van der Waals surface area (Å²) >= 11 is 9.71. The van der Waals surface area contributed by atoms with Crippen molar-refractivity contribution in [3.05, 3.63) is 24.3 Å². The Morgan fingerprint density at radius 2 is 1.88 bits per heavy atom. The number of thiocarbonyl (C=S) groups is 1. The fourth-order valence-corrected chi connectivity index (χ4v) is 2.66. The molecular weight excluding hydrogens is 248 g/mol. The van der Waals surface area contributed by atoms with E-state index in [0.717, 1.165) is 10.6 Å². The molecule has 1 aliphatic rings. The third kappa shape index (κ3) is 3.89. The van der Waals surface area contributed by atoms with Gasteiger partial charge in [-0.3, -0.25) is 0 Å². The molecule has 0 unspecified atom stereocenters. The van der Waals surface area contributed by atoms with Crippen LogP contribution in [-0.2, 0) is 0 Å². The summed E-state index contributed by atoms with van der Waals surface area (Å²) < 4.78 is 0. The fraction of sp³-hybridized carbons (Fsp3) is 0.462. The quantitative estimate of drug-likeness (QED) is 0.563. The first-order valence-corrected chi connectivity index (χ1v) is 6.97. The summed E-state index contributed by atoms with van der Waals surface area (Å²) in [5, 5.41) is 7.29. The third-order valence-corrected chi connectivity index (χ3v) is 3.70. The molecule has 0 spiro atoms. The Labute approximate surface area is 114 Å². The molecule has 1 aliphatic carbocycles. The highest BCUT2D eigenvalue weighted by Crippen LogP contribution is 2.20. The number of nitrogens with one attached hydrogen (secondary N) is 2. The van der Waals surface area contributed by atoms with Crippen molar-refractivity contribution in [1.29, 1.82) is 0 Å². The lowest BCUT2D eigenvalue weighted by Crippen LogP contribution is -2.38. The molecule has 0 aliphatic heterocycles. The summed E-state index contributed by atoms with van der Waals surface area (Å²) in [6.45, 7) is 0. The van der Waals surface area contributed by atoms with Gasteiger partial charge in [0.1, 0.15) is 0 Å². The van der Waals surface area contributed by atoms with Crippen molar-refractivity contribution in [1.82, 2.24) is 5.32 Å². The van der Waals surface area contributed by atoms with Crippen LogP contribution in [0.25, 0.3) is 0 Å². The number of hydrogen-bond acceptors (Lipinski definition) is 2. The summed E-state index contributed by atoms with van der Waals surface area (Å²) in [5.41, 5.74) is 0.962. The molecule has 1 aromatic carbocycles. The monoisotopic (exact) mass is 266 g/mol. The van der Waals surface area contributed by atoms with Crippen molar-refractivity contribution in [2.45, 2.75) is 43.0 Å². The average molecular weight is 266 g/mol. The number of benzene rings is 1. The fourth-order valence-electron chi connectivity index (χ4n) is 2.17. The Morgan fingerprint density at radius 1 is 1.18 bits per heavy atom. The van der Waals surface area contributed by atoms with Gasteiger partial charge >= 0.3 is 0 Å². The number of thiol groups is 1. The van der Waals surface area contributed by atoms with E-state index in [4.69, 9.17) is 12.2 Å². The van der Waals surface area contributed by atoms with Crippen molar-refractivity contribution in [2.24, 2.45) is 0 Å². The Bertz CT molecular complexity index is 387. The van der Waals surface area contributed by atoms with Gasteiger partial charge in [0.2, 0.25) is 0 Å². The second-order valence-corrected chi connectivity index (χ2v) is 5.34. The first-order chi connectivity index (χ1) is 8.25. The van der Waals surface area contributed by atoms with Crippen molar-refractivity contribution in [2.75, 3.05) is 5.32 Å². The lowest BCUT2D eigenvalue weighted by atomic mass is 9.96. The second-order valence-electron chi connectivity index (χ2n) is 4.45. The minimum atomic E-state index is 0.538. The molecule has 0 aromatic heterocycles. The molecular formula is C13H18N2S2. The largest absolute Gasteiger partial charge is 0.360 e. The summed E-state index contributed by atoms with van der Waals surface area (Å²) in [7, 11) is 0. The Balaban J connectivity index is 1.86. The molecule has 1 fully saturated rings. The van der Waals surface area contributed by atoms with Crippen LogP contribution in [0, 0.1) is 0 Å². The molecule has 2 nitrogen and oxygen atoms in total. The third-order valence-electron chi connectivity index (χ3n) is 3.09. The van der Waals surface area contributed by atoms with E-state index in [1.54, 1.807) is 0 Å². The van der Waals surface area contributed by atoms with E-state index in [1.165, 1.54) is 32.1 Å². The molecule has 1 aromatic rings. The molecule has 1 saturated carbocycles. The minimum Gasteiger partial charge on any atom is -0.360 e. The van der Waals surface area contributed by atoms with E-state index < -0.39 is 0 Å². The van der Waals surface area contributed by atoms with Crippen LogP contribution >= 0.6 is 24.8 Å². The van der Waals surface area contributed by atoms with Gasteiger partial charge < -0.3 is 10.6 Å². The molecule has 0 atom stereocenters. The zero-order valence-electron chi connectivity index (χ0n) is 9.78. The first kappa shape index (κ1) is 12.7. The van der Waals surface area contributed by atoms with Crippen LogP contribution in [0.5, 0.6) is 0 Å². The smallest absolute Gasteiger partial charge is 0.171 e. The van der Waals surface area contributed by atoms with Crippen LogP contribution in [0.15, 0.2) is 29.2 Å². The van der Waals surface area contributed by atoms with Gasteiger partial charge in [-0.2, -0.15) is 0 Å². The maximum absolute atomic E-state index is 5.32. The minimum absolute atomic E-state index is 0.538. The first-order valence-electron chi connectivity index (χ1n) is 6.11. The number of hydrogen-bond donors (Lipinski definition) is 3. The van der Waals surface area contributed by atoms with Gasteiger partial charge in [-0.1, -0.05) is 31.4 Å². The van der Waals surface area contributed by atoms with Gasteiger partial charge in [-0.15, -0.1) is 12.6 Å². The topological polar surface area (TPSA) is 24.1 Å². The molecule has 0 heterocycles. The van der Waals surface area contributed by atoms with Crippen LogP contribution < -0.4 is 10.6 Å². The molecule has 0 radical (unpaired) electrons. The van der Waals surface area contributed by atoms with E-state index >= 15 is 0 Å². The predicted octanol–water partition coefficient (Wildman–Crippen LogP) is 3.59. The van der Waals surface area contributed by atoms with Gasteiger partial charge in [0.25, 0.3) is 0 Å². The van der Waals surface area contributed by atoms with Crippen LogP contribution in [0.1, 0.15) is 32.1 Å². The van der Waals surface area contributed by atoms with Gasteiger partial charge in [-0.25, -0.2) is 0 Å².